The number of carbonyl (C=O) groups is 1. The molecule has 1 heterocycles. The van der Waals surface area contributed by atoms with E-state index in [9.17, 15) is 4.79 Å². The predicted octanol–water partition coefficient (Wildman–Crippen LogP) is 4.52. The molecule has 1 saturated carbocycles. The number of hydrogen-bond donors (Lipinski definition) is 1. The number of amides is 1. The van der Waals surface area contributed by atoms with E-state index in [0.29, 0.717) is 0 Å². The summed E-state index contributed by atoms with van der Waals surface area (Å²) < 4.78 is 1.14. The van der Waals surface area contributed by atoms with Crippen molar-refractivity contribution in [1.29, 1.82) is 0 Å². The maximum atomic E-state index is 12.6. The van der Waals surface area contributed by atoms with Crippen molar-refractivity contribution in [3.63, 3.8) is 0 Å². The zero-order chi connectivity index (χ0) is 14.9. The molecule has 0 atom stereocenters. The van der Waals surface area contributed by atoms with Gasteiger partial charge >= 0.3 is 0 Å². The van der Waals surface area contributed by atoms with E-state index in [1.54, 1.807) is 6.20 Å². The van der Waals surface area contributed by atoms with Crippen LogP contribution in [0.3, 0.4) is 0 Å². The van der Waals surface area contributed by atoms with Gasteiger partial charge in [-0.3, -0.25) is 9.78 Å². The average Bonchev–Trinajstić information content (AvgIpc) is 2.46. The highest BCUT2D eigenvalue weighted by atomic mass is 127. The summed E-state index contributed by atoms with van der Waals surface area (Å²) in [7, 11) is 0. The Labute approximate surface area is 138 Å². The Morgan fingerprint density at radius 2 is 2.24 bits per heavy atom. The highest BCUT2D eigenvalue weighted by Gasteiger charge is 2.42. The molecule has 0 radical (unpaired) electrons. The Kier molecular flexibility index (Phi) is 3.97. The minimum Gasteiger partial charge on any atom is -0.324 e. The number of fused-ring (bicyclic) bond motifs is 1. The van der Waals surface area contributed by atoms with E-state index in [4.69, 9.17) is 0 Å². The first-order valence-corrected chi connectivity index (χ1v) is 8.20. The Hall–Kier alpha value is -1.43. The summed E-state index contributed by atoms with van der Waals surface area (Å²) in [4.78, 5) is 17.1. The van der Waals surface area contributed by atoms with Crippen LogP contribution < -0.4 is 5.32 Å². The number of pyridine rings is 1. The minimum absolute atomic E-state index is 0.0989. The third-order valence-electron chi connectivity index (χ3n) is 4.29. The molecule has 1 aliphatic carbocycles. The predicted molar refractivity (Wildman–Crippen MR) is 94.2 cm³/mol. The fraction of sp³-hybridized carbons (Fsp3) is 0.294. The Bertz CT molecular complexity index is 707. The molecule has 4 heteroatoms. The van der Waals surface area contributed by atoms with Crippen molar-refractivity contribution < 1.29 is 4.79 Å². The third-order valence-corrected chi connectivity index (χ3v) is 5.23. The van der Waals surface area contributed by atoms with Gasteiger partial charge in [0.1, 0.15) is 0 Å². The Morgan fingerprint density at radius 1 is 1.43 bits per heavy atom. The lowest BCUT2D eigenvalue weighted by molar-refractivity contribution is -0.130. The van der Waals surface area contributed by atoms with Crippen molar-refractivity contribution in [2.45, 2.75) is 25.7 Å². The molecule has 1 fully saturated rings. The second-order valence-corrected chi connectivity index (χ2v) is 6.74. The lowest BCUT2D eigenvalue weighted by Gasteiger charge is -2.39. The van der Waals surface area contributed by atoms with E-state index in [-0.39, 0.29) is 11.3 Å². The van der Waals surface area contributed by atoms with Gasteiger partial charge in [0.15, 0.2) is 0 Å². The van der Waals surface area contributed by atoms with Crippen molar-refractivity contribution >= 4 is 45.1 Å². The summed E-state index contributed by atoms with van der Waals surface area (Å²) in [5.74, 6) is 0.0989. The van der Waals surface area contributed by atoms with E-state index in [1.165, 1.54) is 0 Å². The molecule has 1 aliphatic rings. The van der Waals surface area contributed by atoms with Crippen LogP contribution in [0, 0.1) is 8.99 Å². The number of halogens is 1. The topological polar surface area (TPSA) is 42.0 Å². The molecule has 0 spiro atoms. The van der Waals surface area contributed by atoms with Crippen molar-refractivity contribution in [2.24, 2.45) is 5.41 Å². The second-order valence-electron chi connectivity index (χ2n) is 5.58. The summed E-state index contributed by atoms with van der Waals surface area (Å²) in [6, 6.07) is 7.90. The number of aromatic nitrogens is 1. The van der Waals surface area contributed by atoms with Crippen molar-refractivity contribution in [3.8, 4) is 0 Å². The summed E-state index contributed by atoms with van der Waals surface area (Å²) in [6.45, 7) is 3.79. The van der Waals surface area contributed by atoms with Gasteiger partial charge in [-0.2, -0.15) is 0 Å². The van der Waals surface area contributed by atoms with E-state index < -0.39 is 0 Å². The molecule has 0 aliphatic heterocycles. The molecule has 0 saturated heterocycles. The van der Waals surface area contributed by atoms with Crippen molar-refractivity contribution in [3.05, 3.63) is 46.7 Å². The standard InChI is InChI=1S/C17H17IN2O/c1-2-8-17(9-4-10-17)16(21)20-14-7-6-13(18)12-5-3-11-19-15(12)14/h2-3,5-7,11H,1,4,8-10H2,(H,20,21). The molecule has 1 N–H and O–H groups in total. The molecule has 1 amide bonds. The maximum absolute atomic E-state index is 12.6. The number of benzene rings is 1. The number of rotatable bonds is 4. The maximum Gasteiger partial charge on any atom is 0.230 e. The molecule has 3 rings (SSSR count). The van der Waals surface area contributed by atoms with Crippen molar-refractivity contribution in [1.82, 2.24) is 4.98 Å². The normalized spacial score (nSPS) is 16.2. The highest BCUT2D eigenvalue weighted by molar-refractivity contribution is 14.1. The molecule has 0 unspecified atom stereocenters. The molecule has 21 heavy (non-hydrogen) atoms. The SMILES string of the molecule is C=CCC1(C(=O)Nc2ccc(I)c3cccnc23)CCC1. The second kappa shape index (κ2) is 5.75. The summed E-state index contributed by atoms with van der Waals surface area (Å²) in [5, 5.41) is 4.16. The van der Waals surface area contributed by atoms with Crippen LogP contribution in [0.1, 0.15) is 25.7 Å². The number of carbonyl (C=O) groups excluding carboxylic acids is 1. The van der Waals surface area contributed by atoms with E-state index in [0.717, 1.165) is 45.8 Å². The summed E-state index contributed by atoms with van der Waals surface area (Å²) in [6.07, 6.45) is 7.36. The summed E-state index contributed by atoms with van der Waals surface area (Å²) >= 11 is 2.29. The third kappa shape index (κ3) is 2.57. The summed E-state index contributed by atoms with van der Waals surface area (Å²) in [5.41, 5.74) is 1.39. The van der Waals surface area contributed by atoms with Gasteiger partial charge in [0, 0.05) is 15.2 Å². The highest BCUT2D eigenvalue weighted by Crippen LogP contribution is 2.45. The lowest BCUT2D eigenvalue weighted by atomic mass is 9.66. The van der Waals surface area contributed by atoms with Crippen LogP contribution in [0.25, 0.3) is 10.9 Å². The van der Waals surface area contributed by atoms with Gasteiger partial charge in [-0.25, -0.2) is 0 Å². The molecule has 0 bridgehead atoms. The fourth-order valence-electron chi connectivity index (χ4n) is 2.90. The number of hydrogen-bond acceptors (Lipinski definition) is 2. The Balaban J connectivity index is 1.93. The molecule has 108 valence electrons. The van der Waals surface area contributed by atoms with Crippen molar-refractivity contribution in [2.75, 3.05) is 5.32 Å². The number of anilines is 1. The molecular formula is C17H17IN2O. The molecular weight excluding hydrogens is 375 g/mol. The first kappa shape index (κ1) is 14.5. The van der Waals surface area contributed by atoms with Gasteiger partial charge in [-0.05, 0) is 60.1 Å². The smallest absolute Gasteiger partial charge is 0.230 e. The first-order chi connectivity index (χ1) is 10.2. The lowest BCUT2D eigenvalue weighted by Crippen LogP contribution is -2.41. The van der Waals surface area contributed by atoms with Gasteiger partial charge in [-0.15, -0.1) is 6.58 Å². The fourth-order valence-corrected chi connectivity index (χ4v) is 3.51. The molecule has 2 aromatic rings. The van der Waals surface area contributed by atoms with E-state index in [2.05, 4.69) is 39.5 Å². The molecule has 1 aromatic carbocycles. The minimum atomic E-state index is -0.258. The Morgan fingerprint density at radius 3 is 2.90 bits per heavy atom. The van der Waals surface area contributed by atoms with Gasteiger partial charge < -0.3 is 5.32 Å². The number of allylic oxidation sites excluding steroid dienone is 1. The van der Waals surface area contributed by atoms with Crippen LogP contribution >= 0.6 is 22.6 Å². The average molecular weight is 392 g/mol. The molecule has 3 nitrogen and oxygen atoms in total. The van der Waals surface area contributed by atoms with Crippen LogP contribution in [0.2, 0.25) is 0 Å². The van der Waals surface area contributed by atoms with Crippen LogP contribution in [0.4, 0.5) is 5.69 Å². The van der Waals surface area contributed by atoms with Gasteiger partial charge in [0.25, 0.3) is 0 Å². The van der Waals surface area contributed by atoms with E-state index >= 15 is 0 Å². The monoisotopic (exact) mass is 392 g/mol. The number of nitrogens with zero attached hydrogens (tertiary/aromatic N) is 1. The van der Waals surface area contributed by atoms with Crippen LogP contribution in [-0.4, -0.2) is 10.9 Å². The zero-order valence-corrected chi connectivity index (χ0v) is 13.9. The van der Waals surface area contributed by atoms with Gasteiger partial charge in [-0.1, -0.05) is 18.6 Å². The van der Waals surface area contributed by atoms with Gasteiger partial charge in [0.2, 0.25) is 5.91 Å². The van der Waals surface area contributed by atoms with E-state index in [1.807, 2.05) is 30.3 Å². The zero-order valence-electron chi connectivity index (χ0n) is 11.7. The molecule has 1 aromatic heterocycles. The first-order valence-electron chi connectivity index (χ1n) is 7.12. The quantitative estimate of drug-likeness (QED) is 0.614. The number of nitrogens with one attached hydrogen (secondary N) is 1. The van der Waals surface area contributed by atoms with Crippen LogP contribution in [0.5, 0.6) is 0 Å². The van der Waals surface area contributed by atoms with Gasteiger partial charge in [0.05, 0.1) is 16.6 Å². The largest absolute Gasteiger partial charge is 0.324 e. The van der Waals surface area contributed by atoms with Crippen LogP contribution in [-0.2, 0) is 4.79 Å². The van der Waals surface area contributed by atoms with Crippen LogP contribution in [0.15, 0.2) is 43.1 Å².